The number of aromatic nitrogens is 4. The first-order valence-electron chi connectivity index (χ1n) is 10.8. The number of nitrogens with two attached hydrogens (primary N) is 1. The molecule has 2 N–H and O–H groups in total. The summed E-state index contributed by atoms with van der Waals surface area (Å²) in [6.07, 6.45) is 3.45. The predicted molar refractivity (Wildman–Crippen MR) is 127 cm³/mol. The van der Waals surface area contributed by atoms with Crippen LogP contribution in [0.5, 0.6) is 5.75 Å². The normalized spacial score (nSPS) is 10.7. The zero-order chi connectivity index (χ0) is 22.9. The molecule has 3 aromatic rings. The Balaban J connectivity index is 0.000000487. The van der Waals surface area contributed by atoms with Gasteiger partial charge in [0.15, 0.2) is 17.0 Å². The summed E-state index contributed by atoms with van der Waals surface area (Å²) in [5, 5.41) is 0. The summed E-state index contributed by atoms with van der Waals surface area (Å²) >= 11 is 0. The van der Waals surface area contributed by atoms with Crippen molar-refractivity contribution in [2.45, 2.75) is 74.8 Å². The maximum atomic E-state index is 5.92. The molecule has 0 saturated heterocycles. The number of anilines is 1. The van der Waals surface area contributed by atoms with Crippen molar-refractivity contribution >= 4 is 17.0 Å². The van der Waals surface area contributed by atoms with Crippen LogP contribution in [0.1, 0.15) is 71.8 Å². The topological polar surface area (TPSA) is 78.9 Å². The second-order valence-corrected chi connectivity index (χ2v) is 8.09. The second-order valence-electron chi connectivity index (χ2n) is 8.09. The van der Waals surface area contributed by atoms with E-state index in [1.54, 1.807) is 7.11 Å². The summed E-state index contributed by atoms with van der Waals surface area (Å²) in [6.45, 7) is 17.9. The first kappa shape index (κ1) is 25.4. The van der Waals surface area contributed by atoms with Crippen LogP contribution in [0, 0.1) is 12.3 Å². The van der Waals surface area contributed by atoms with Crippen LogP contribution < -0.4 is 10.5 Å². The Bertz CT molecular complexity index is 925. The Morgan fingerprint density at radius 3 is 2.27 bits per heavy atom. The van der Waals surface area contributed by atoms with Crippen LogP contribution in [0.3, 0.4) is 0 Å². The van der Waals surface area contributed by atoms with Crippen LogP contribution in [-0.4, -0.2) is 26.6 Å². The van der Waals surface area contributed by atoms with Crippen molar-refractivity contribution in [3.8, 4) is 5.75 Å². The minimum absolute atomic E-state index is 0.417. The van der Waals surface area contributed by atoms with E-state index in [0.29, 0.717) is 23.2 Å². The molecule has 0 radical (unpaired) electrons. The van der Waals surface area contributed by atoms with Crippen molar-refractivity contribution in [2.24, 2.45) is 5.41 Å². The van der Waals surface area contributed by atoms with Crippen LogP contribution in [0.4, 0.5) is 5.82 Å². The lowest BCUT2D eigenvalue weighted by Gasteiger charge is -2.12. The molecule has 0 aliphatic heterocycles. The minimum Gasteiger partial charge on any atom is -0.497 e. The van der Waals surface area contributed by atoms with Gasteiger partial charge >= 0.3 is 0 Å². The molecule has 2 heterocycles. The van der Waals surface area contributed by atoms with Crippen molar-refractivity contribution in [3.05, 3.63) is 41.5 Å². The van der Waals surface area contributed by atoms with Gasteiger partial charge in [-0.05, 0) is 42.5 Å². The summed E-state index contributed by atoms with van der Waals surface area (Å²) in [5.74, 6) is 2.20. The molecule has 1 aromatic carbocycles. The summed E-state index contributed by atoms with van der Waals surface area (Å²) in [6, 6.07) is 6.07. The van der Waals surface area contributed by atoms with Crippen LogP contribution in [0.15, 0.2) is 24.5 Å². The molecule has 0 amide bonds. The van der Waals surface area contributed by atoms with E-state index in [1.165, 1.54) is 23.9 Å². The molecule has 166 valence electrons. The van der Waals surface area contributed by atoms with Crippen LogP contribution in [0.2, 0.25) is 0 Å². The minimum atomic E-state index is 0.417. The molecule has 30 heavy (non-hydrogen) atoms. The van der Waals surface area contributed by atoms with E-state index in [0.717, 1.165) is 23.8 Å². The highest BCUT2D eigenvalue weighted by molar-refractivity contribution is 5.81. The van der Waals surface area contributed by atoms with E-state index in [2.05, 4.69) is 67.1 Å². The largest absolute Gasteiger partial charge is 0.497 e. The van der Waals surface area contributed by atoms with Crippen molar-refractivity contribution in [3.63, 3.8) is 0 Å². The highest BCUT2D eigenvalue weighted by Gasteiger charge is 2.15. The smallest absolute Gasteiger partial charge is 0.165 e. The van der Waals surface area contributed by atoms with Crippen LogP contribution in [0.25, 0.3) is 11.2 Å². The molecule has 2 aromatic heterocycles. The van der Waals surface area contributed by atoms with Gasteiger partial charge in [-0.1, -0.05) is 54.0 Å². The summed E-state index contributed by atoms with van der Waals surface area (Å²) in [5.41, 5.74) is 10.3. The zero-order valence-electron chi connectivity index (χ0n) is 20.2. The van der Waals surface area contributed by atoms with E-state index in [4.69, 9.17) is 10.5 Å². The van der Waals surface area contributed by atoms with Gasteiger partial charge in [-0.3, -0.25) is 0 Å². The monoisotopic (exact) mass is 413 g/mol. The van der Waals surface area contributed by atoms with Gasteiger partial charge in [-0.15, -0.1) is 0 Å². The number of nitrogens with zero attached hydrogens (tertiary/aromatic N) is 4. The average molecular weight is 414 g/mol. The number of nitrogen functional groups attached to an aromatic ring is 1. The molecule has 0 aliphatic rings. The molecule has 6 heteroatoms. The third-order valence-corrected chi connectivity index (χ3v) is 4.92. The third kappa shape index (κ3) is 6.71. The van der Waals surface area contributed by atoms with Gasteiger partial charge in [0.25, 0.3) is 0 Å². The molecule has 0 spiro atoms. The van der Waals surface area contributed by atoms with Gasteiger partial charge in [-0.2, -0.15) is 0 Å². The zero-order valence-corrected chi connectivity index (χ0v) is 20.2. The van der Waals surface area contributed by atoms with E-state index in [9.17, 15) is 0 Å². The number of fused-ring (bicyclic) bond motifs is 1. The molecule has 0 unspecified atom stereocenters. The molecule has 0 bridgehead atoms. The van der Waals surface area contributed by atoms with E-state index in [-0.39, 0.29) is 0 Å². The first-order chi connectivity index (χ1) is 14.2. The number of aryl methyl sites for hydroxylation is 2. The molecule has 0 atom stereocenters. The highest BCUT2D eigenvalue weighted by Crippen LogP contribution is 2.23. The van der Waals surface area contributed by atoms with Gasteiger partial charge in [0.1, 0.15) is 17.9 Å². The number of hydrogen-bond donors (Lipinski definition) is 1. The Morgan fingerprint density at radius 2 is 1.73 bits per heavy atom. The summed E-state index contributed by atoms with van der Waals surface area (Å²) in [4.78, 5) is 13.0. The Morgan fingerprint density at radius 1 is 1.10 bits per heavy atom. The van der Waals surface area contributed by atoms with E-state index >= 15 is 0 Å². The Hall–Kier alpha value is -2.63. The molecule has 6 nitrogen and oxygen atoms in total. The fraction of sp³-hybridized carbons (Fsp3) is 0.542. The fourth-order valence-corrected chi connectivity index (χ4v) is 2.60. The number of ether oxygens (including phenoxy) is 1. The summed E-state index contributed by atoms with van der Waals surface area (Å²) in [7, 11) is 1.67. The number of benzene rings is 1. The van der Waals surface area contributed by atoms with Gasteiger partial charge in [-0.25, -0.2) is 15.0 Å². The van der Waals surface area contributed by atoms with Crippen molar-refractivity contribution in [1.82, 2.24) is 19.5 Å². The van der Waals surface area contributed by atoms with Crippen LogP contribution in [-0.2, 0) is 13.0 Å². The lowest BCUT2D eigenvalue weighted by atomic mass is 9.94. The number of rotatable bonds is 4. The van der Waals surface area contributed by atoms with Crippen molar-refractivity contribution in [1.29, 1.82) is 0 Å². The quantitative estimate of drug-likeness (QED) is 0.584. The van der Waals surface area contributed by atoms with Crippen molar-refractivity contribution in [2.75, 3.05) is 12.8 Å². The number of methoxy groups -OCH3 is 1. The number of hydrogen-bond acceptors (Lipinski definition) is 5. The average Bonchev–Trinajstić information content (AvgIpc) is 3.09. The standard InChI is InChI=1S/C16H19N5O.C6H14.C2H6/c1-4-21-13(20-14-15(17)18-9-19-16(14)21)8-11-7-12(22-3)6-5-10(11)2;1-5-6(2,3)4;1-2/h5-7,9H,4,8H2,1-3H3,(H2,17,18,19);5H2,1-4H3;1-2H3. The lowest BCUT2D eigenvalue weighted by Crippen LogP contribution is -2.04. The van der Waals surface area contributed by atoms with Gasteiger partial charge in [0.05, 0.1) is 7.11 Å². The molecular formula is C24H39N5O. The lowest BCUT2D eigenvalue weighted by molar-refractivity contribution is 0.398. The molecule has 3 rings (SSSR count). The maximum absolute atomic E-state index is 5.92. The maximum Gasteiger partial charge on any atom is 0.165 e. The summed E-state index contributed by atoms with van der Waals surface area (Å²) < 4.78 is 7.39. The number of imidazole rings is 1. The van der Waals surface area contributed by atoms with Gasteiger partial charge in [0, 0.05) is 13.0 Å². The fourth-order valence-electron chi connectivity index (χ4n) is 2.60. The molecule has 0 aliphatic carbocycles. The van der Waals surface area contributed by atoms with Crippen LogP contribution >= 0.6 is 0 Å². The molecule has 0 fully saturated rings. The molecule has 0 saturated carbocycles. The Kier molecular flexibility index (Phi) is 9.76. The predicted octanol–water partition coefficient (Wildman–Crippen LogP) is 5.80. The Labute approximate surface area is 181 Å². The van der Waals surface area contributed by atoms with E-state index in [1.807, 2.05) is 26.0 Å². The molecular weight excluding hydrogens is 374 g/mol. The van der Waals surface area contributed by atoms with Gasteiger partial charge in [0.2, 0.25) is 0 Å². The first-order valence-corrected chi connectivity index (χ1v) is 10.8. The van der Waals surface area contributed by atoms with E-state index < -0.39 is 0 Å². The highest BCUT2D eigenvalue weighted by atomic mass is 16.5. The third-order valence-electron chi connectivity index (χ3n) is 4.92. The SMILES string of the molecule is CC.CCC(C)(C)C.CCn1c(Cc2cc(OC)ccc2C)nc2c(N)ncnc21. The van der Waals surface area contributed by atoms with Gasteiger partial charge < -0.3 is 15.0 Å². The van der Waals surface area contributed by atoms with Crippen molar-refractivity contribution < 1.29 is 4.74 Å². The second kappa shape index (κ2) is 11.5.